The van der Waals surface area contributed by atoms with E-state index in [1.165, 1.54) is 0 Å². The van der Waals surface area contributed by atoms with Crippen LogP contribution in [0.2, 0.25) is 0 Å². The Labute approximate surface area is 228 Å². The van der Waals surface area contributed by atoms with Crippen molar-refractivity contribution in [1.82, 2.24) is 29.9 Å². The van der Waals surface area contributed by atoms with Crippen LogP contribution >= 0.6 is 0 Å². The van der Waals surface area contributed by atoms with Gasteiger partial charge in [0, 0.05) is 0 Å². The van der Waals surface area contributed by atoms with Gasteiger partial charge in [0.25, 0.3) is 0 Å². The summed E-state index contributed by atoms with van der Waals surface area (Å²) >= 11 is 0. The lowest BCUT2D eigenvalue weighted by atomic mass is 10.4. The molecule has 0 saturated carbocycles. The zero-order valence-electron chi connectivity index (χ0n) is 23.0. The fraction of sp³-hybridized carbons (Fsp3) is 0.462. The van der Waals surface area contributed by atoms with Gasteiger partial charge in [0.05, 0.1) is 13.2 Å². The second-order valence-corrected chi connectivity index (χ2v) is 8.66. The SMILES string of the molecule is C=C(C)COc1nc(OCCOCCOc2nc(OCC(=C)C)nc(OCC(=C)C)n2)nc(OCC(=C)C)n1. The molecule has 2 rings (SSSR count). The largest absolute Gasteiger partial charge is 0.461 e. The van der Waals surface area contributed by atoms with Crippen LogP contribution in [0, 0.1) is 0 Å². The maximum Gasteiger partial charge on any atom is 0.326 e. The fourth-order valence-electron chi connectivity index (χ4n) is 2.27. The Morgan fingerprint density at radius 2 is 0.641 bits per heavy atom. The van der Waals surface area contributed by atoms with E-state index in [2.05, 4.69) is 56.2 Å². The summed E-state index contributed by atoms with van der Waals surface area (Å²) in [6, 6.07) is 0.310. The summed E-state index contributed by atoms with van der Waals surface area (Å²) < 4.78 is 38.7. The Hall–Kier alpha value is -4.26. The monoisotopic (exact) mass is 544 g/mol. The summed E-state index contributed by atoms with van der Waals surface area (Å²) in [5.74, 6) is 0. The van der Waals surface area contributed by atoms with Gasteiger partial charge in [-0.05, 0) is 50.0 Å². The van der Waals surface area contributed by atoms with Crippen molar-refractivity contribution in [3.8, 4) is 36.1 Å². The van der Waals surface area contributed by atoms with E-state index >= 15 is 0 Å². The van der Waals surface area contributed by atoms with E-state index in [1.54, 1.807) is 0 Å². The maximum absolute atomic E-state index is 5.58. The third kappa shape index (κ3) is 13.7. The smallest absolute Gasteiger partial charge is 0.326 e. The Kier molecular flexibility index (Phi) is 13.1. The number of nitrogens with zero attached hydrogens (tertiary/aromatic N) is 6. The Balaban J connectivity index is 1.83. The summed E-state index contributed by atoms with van der Waals surface area (Å²) in [5, 5.41) is 0. The molecule has 0 spiro atoms. The third-order valence-electron chi connectivity index (χ3n) is 3.86. The van der Waals surface area contributed by atoms with Crippen LogP contribution in [0.3, 0.4) is 0 Å². The normalized spacial score (nSPS) is 10.4. The molecule has 0 aliphatic carbocycles. The summed E-state index contributed by atoms with van der Waals surface area (Å²) in [4.78, 5) is 24.7. The van der Waals surface area contributed by atoms with Crippen molar-refractivity contribution >= 4 is 0 Å². The van der Waals surface area contributed by atoms with Crippen LogP contribution in [0.15, 0.2) is 48.6 Å². The molecular weight excluding hydrogens is 508 g/mol. The van der Waals surface area contributed by atoms with Crippen molar-refractivity contribution in [1.29, 1.82) is 0 Å². The molecule has 0 saturated heterocycles. The average molecular weight is 545 g/mol. The van der Waals surface area contributed by atoms with Gasteiger partial charge in [0.1, 0.15) is 39.6 Å². The van der Waals surface area contributed by atoms with Crippen molar-refractivity contribution in [3.63, 3.8) is 0 Å². The van der Waals surface area contributed by atoms with Crippen molar-refractivity contribution < 1.29 is 33.2 Å². The first-order chi connectivity index (χ1) is 18.6. The first kappa shape index (κ1) is 31.0. The molecule has 0 amide bonds. The number of ether oxygens (including phenoxy) is 7. The molecule has 212 valence electrons. The molecule has 2 heterocycles. The van der Waals surface area contributed by atoms with E-state index in [0.29, 0.717) is 0 Å². The minimum atomic E-state index is 0.0352. The predicted molar refractivity (Wildman–Crippen MR) is 143 cm³/mol. The van der Waals surface area contributed by atoms with Crippen LogP contribution in [0.25, 0.3) is 0 Å². The van der Waals surface area contributed by atoms with E-state index in [4.69, 9.17) is 33.2 Å². The lowest BCUT2D eigenvalue weighted by Crippen LogP contribution is -2.15. The van der Waals surface area contributed by atoms with Gasteiger partial charge in [-0.1, -0.05) is 26.3 Å². The zero-order valence-corrected chi connectivity index (χ0v) is 23.0. The van der Waals surface area contributed by atoms with Gasteiger partial charge in [0.15, 0.2) is 0 Å². The van der Waals surface area contributed by atoms with Crippen LogP contribution in [0.1, 0.15) is 27.7 Å². The molecular formula is C26H36N6O7. The molecule has 0 radical (unpaired) electrons. The summed E-state index contributed by atoms with van der Waals surface area (Å²) in [6.45, 7) is 24.2. The predicted octanol–water partition coefficient (Wildman–Crippen LogP) is 3.35. The van der Waals surface area contributed by atoms with Crippen LogP contribution in [0.5, 0.6) is 36.1 Å². The molecule has 2 aromatic heterocycles. The molecule has 0 bridgehead atoms. The summed E-state index contributed by atoms with van der Waals surface area (Å²) in [7, 11) is 0. The second-order valence-electron chi connectivity index (χ2n) is 8.66. The summed E-state index contributed by atoms with van der Waals surface area (Å²) in [6.07, 6.45) is 0. The highest BCUT2D eigenvalue weighted by Gasteiger charge is 2.12. The van der Waals surface area contributed by atoms with E-state index in [9.17, 15) is 0 Å². The summed E-state index contributed by atoms with van der Waals surface area (Å²) in [5.41, 5.74) is 3.23. The Morgan fingerprint density at radius 1 is 0.410 bits per heavy atom. The van der Waals surface area contributed by atoms with Gasteiger partial charge < -0.3 is 33.2 Å². The fourth-order valence-corrected chi connectivity index (χ4v) is 2.27. The van der Waals surface area contributed by atoms with E-state index in [-0.39, 0.29) is 88.9 Å². The average Bonchev–Trinajstić information content (AvgIpc) is 2.87. The number of rotatable bonds is 20. The highest BCUT2D eigenvalue weighted by atomic mass is 16.6. The molecule has 0 atom stereocenters. The van der Waals surface area contributed by atoms with Crippen molar-refractivity contribution in [2.24, 2.45) is 0 Å². The van der Waals surface area contributed by atoms with Gasteiger partial charge in [-0.3, -0.25) is 0 Å². The molecule has 13 nitrogen and oxygen atoms in total. The quantitative estimate of drug-likeness (QED) is 0.178. The van der Waals surface area contributed by atoms with Gasteiger partial charge in [0.2, 0.25) is 0 Å². The van der Waals surface area contributed by atoms with E-state index < -0.39 is 0 Å². The third-order valence-corrected chi connectivity index (χ3v) is 3.86. The standard InChI is InChI=1S/C26H36N6O7/c1-17(2)13-36-23-27-21(28-24(31-23)37-14-18(3)4)34-11-9-33-10-12-35-22-29-25(38-15-19(5)6)32-26(30-22)39-16-20(7)8/h1,3,5,7,9-16H2,2,4,6,8H3. The van der Waals surface area contributed by atoms with Gasteiger partial charge in [-0.15, -0.1) is 29.9 Å². The Bertz CT molecular complexity index is 982. The van der Waals surface area contributed by atoms with Crippen molar-refractivity contribution in [2.45, 2.75) is 27.7 Å². The molecule has 0 aliphatic heterocycles. The number of hydrogen-bond acceptors (Lipinski definition) is 13. The molecule has 0 aromatic carbocycles. The van der Waals surface area contributed by atoms with E-state index in [1.807, 2.05) is 27.7 Å². The van der Waals surface area contributed by atoms with Crippen LogP contribution in [-0.4, -0.2) is 82.8 Å². The zero-order chi connectivity index (χ0) is 28.6. The topological polar surface area (TPSA) is 142 Å². The molecule has 39 heavy (non-hydrogen) atoms. The van der Waals surface area contributed by atoms with Gasteiger partial charge >= 0.3 is 36.1 Å². The molecule has 2 aromatic rings. The molecule has 13 heteroatoms. The second kappa shape index (κ2) is 16.6. The van der Waals surface area contributed by atoms with E-state index in [0.717, 1.165) is 22.3 Å². The van der Waals surface area contributed by atoms with Crippen molar-refractivity contribution in [2.75, 3.05) is 52.9 Å². The van der Waals surface area contributed by atoms with Crippen LogP contribution in [0.4, 0.5) is 0 Å². The van der Waals surface area contributed by atoms with Crippen molar-refractivity contribution in [3.05, 3.63) is 48.6 Å². The lowest BCUT2D eigenvalue weighted by molar-refractivity contribution is 0.0705. The number of aromatic nitrogens is 6. The highest BCUT2D eigenvalue weighted by Crippen LogP contribution is 2.17. The highest BCUT2D eigenvalue weighted by molar-refractivity contribution is 5.11. The molecule has 0 aliphatic rings. The lowest BCUT2D eigenvalue weighted by Gasteiger charge is -2.11. The van der Waals surface area contributed by atoms with Crippen LogP contribution in [-0.2, 0) is 4.74 Å². The minimum Gasteiger partial charge on any atom is -0.461 e. The molecule has 0 fully saturated rings. The van der Waals surface area contributed by atoms with Gasteiger partial charge in [-0.25, -0.2) is 0 Å². The number of hydrogen-bond donors (Lipinski definition) is 0. The van der Waals surface area contributed by atoms with Crippen LogP contribution < -0.4 is 28.4 Å². The van der Waals surface area contributed by atoms with Gasteiger partial charge in [-0.2, -0.15) is 0 Å². The molecule has 0 unspecified atom stereocenters. The minimum absolute atomic E-state index is 0.0352. The first-order valence-electron chi connectivity index (χ1n) is 12.0. The molecule has 0 N–H and O–H groups in total. The maximum atomic E-state index is 5.58. The Morgan fingerprint density at radius 3 is 0.872 bits per heavy atom. The first-order valence-corrected chi connectivity index (χ1v) is 12.0.